The van der Waals surface area contributed by atoms with Gasteiger partial charge >= 0.3 is 0 Å². The lowest BCUT2D eigenvalue weighted by Crippen LogP contribution is -2.15. The van der Waals surface area contributed by atoms with Crippen molar-refractivity contribution in [2.45, 2.75) is 13.0 Å². The fourth-order valence-electron chi connectivity index (χ4n) is 1.70. The zero-order chi connectivity index (χ0) is 12.3. The Bertz CT molecular complexity index is 509. The molecule has 2 aromatic heterocycles. The van der Waals surface area contributed by atoms with Crippen LogP contribution in [0.15, 0.2) is 6.20 Å². The molecule has 2 heterocycles. The second-order valence-corrected chi connectivity index (χ2v) is 4.52. The van der Waals surface area contributed by atoms with Crippen LogP contribution in [0.4, 0.5) is 11.8 Å². The molecule has 0 aromatic carbocycles. The van der Waals surface area contributed by atoms with Gasteiger partial charge in [-0.1, -0.05) is 15.9 Å². The third-order valence-electron chi connectivity index (χ3n) is 2.46. The first kappa shape index (κ1) is 12.1. The standard InChI is InChI=1S/C10H15BrN6/c11-2-1-3-14-4-6-5-15-9-7(6)8(12)16-10(13)17-9/h5,14H,1-4H2,(H5,12,13,15,16,17). The molecule has 2 rings (SSSR count). The number of alkyl halides is 1. The van der Waals surface area contributed by atoms with Gasteiger partial charge in [0.15, 0.2) is 0 Å². The number of aromatic nitrogens is 3. The highest BCUT2D eigenvalue weighted by Gasteiger charge is 2.09. The van der Waals surface area contributed by atoms with E-state index in [1.807, 2.05) is 6.20 Å². The van der Waals surface area contributed by atoms with Crippen molar-refractivity contribution in [3.05, 3.63) is 11.8 Å². The van der Waals surface area contributed by atoms with Gasteiger partial charge in [0.05, 0.1) is 5.39 Å². The molecule has 6 nitrogen and oxygen atoms in total. The molecule has 7 heteroatoms. The number of hydrogen-bond donors (Lipinski definition) is 4. The number of nitrogens with two attached hydrogens (primary N) is 2. The number of nitrogen functional groups attached to an aromatic ring is 2. The van der Waals surface area contributed by atoms with E-state index in [9.17, 15) is 0 Å². The highest BCUT2D eigenvalue weighted by molar-refractivity contribution is 9.09. The summed E-state index contributed by atoms with van der Waals surface area (Å²) in [4.78, 5) is 11.1. The highest BCUT2D eigenvalue weighted by Crippen LogP contribution is 2.22. The molecule has 6 N–H and O–H groups in total. The van der Waals surface area contributed by atoms with Crippen molar-refractivity contribution in [3.63, 3.8) is 0 Å². The Kier molecular flexibility index (Phi) is 3.80. The molecular weight excluding hydrogens is 284 g/mol. The summed E-state index contributed by atoms with van der Waals surface area (Å²) >= 11 is 3.39. The lowest BCUT2D eigenvalue weighted by atomic mass is 10.2. The maximum Gasteiger partial charge on any atom is 0.223 e. The van der Waals surface area contributed by atoms with Crippen LogP contribution in [0.3, 0.4) is 0 Å². The molecule has 0 saturated carbocycles. The average Bonchev–Trinajstić information content (AvgIpc) is 2.68. The molecule has 2 aromatic rings. The van der Waals surface area contributed by atoms with E-state index in [4.69, 9.17) is 11.5 Å². The minimum absolute atomic E-state index is 0.190. The SMILES string of the molecule is Nc1nc(N)c2c(CNCCCBr)c[nH]c2n1. The monoisotopic (exact) mass is 298 g/mol. The van der Waals surface area contributed by atoms with E-state index in [2.05, 4.69) is 36.2 Å². The van der Waals surface area contributed by atoms with Crippen LogP contribution in [-0.4, -0.2) is 26.8 Å². The maximum atomic E-state index is 5.85. The van der Waals surface area contributed by atoms with E-state index in [-0.39, 0.29) is 5.95 Å². The van der Waals surface area contributed by atoms with Gasteiger partial charge in [0.2, 0.25) is 5.95 Å². The van der Waals surface area contributed by atoms with E-state index >= 15 is 0 Å². The zero-order valence-corrected chi connectivity index (χ0v) is 10.9. The Labute approximate surface area is 107 Å². The Morgan fingerprint density at radius 3 is 2.94 bits per heavy atom. The number of anilines is 2. The summed E-state index contributed by atoms with van der Waals surface area (Å²) in [6.07, 6.45) is 2.97. The molecule has 0 aliphatic carbocycles. The number of fused-ring (bicyclic) bond motifs is 1. The predicted molar refractivity (Wildman–Crippen MR) is 72.8 cm³/mol. The lowest BCUT2D eigenvalue weighted by Gasteiger charge is -2.03. The first-order valence-corrected chi connectivity index (χ1v) is 6.50. The second-order valence-electron chi connectivity index (χ2n) is 3.72. The van der Waals surface area contributed by atoms with Crippen molar-refractivity contribution in [1.82, 2.24) is 20.3 Å². The minimum Gasteiger partial charge on any atom is -0.383 e. The predicted octanol–water partition coefficient (Wildman–Crippen LogP) is 0.997. The molecule has 0 saturated heterocycles. The van der Waals surface area contributed by atoms with Gasteiger partial charge in [0.25, 0.3) is 0 Å². The van der Waals surface area contributed by atoms with E-state index in [0.717, 1.165) is 35.8 Å². The third-order valence-corrected chi connectivity index (χ3v) is 3.02. The van der Waals surface area contributed by atoms with Crippen LogP contribution in [0.1, 0.15) is 12.0 Å². The van der Waals surface area contributed by atoms with Gasteiger partial charge in [-0.25, -0.2) is 0 Å². The molecule has 0 unspecified atom stereocenters. The summed E-state index contributed by atoms with van der Waals surface area (Å²) < 4.78 is 0. The number of rotatable bonds is 5. The number of halogens is 1. The summed E-state index contributed by atoms with van der Waals surface area (Å²) in [5.74, 6) is 0.613. The lowest BCUT2D eigenvalue weighted by molar-refractivity contribution is 0.683. The van der Waals surface area contributed by atoms with E-state index in [1.54, 1.807) is 0 Å². The van der Waals surface area contributed by atoms with Crippen LogP contribution in [0.5, 0.6) is 0 Å². The Hall–Kier alpha value is -1.34. The van der Waals surface area contributed by atoms with Crippen LogP contribution < -0.4 is 16.8 Å². The van der Waals surface area contributed by atoms with Crippen LogP contribution in [0, 0.1) is 0 Å². The maximum absolute atomic E-state index is 5.85. The Morgan fingerprint density at radius 2 is 2.18 bits per heavy atom. The number of aromatic amines is 1. The number of nitrogens with one attached hydrogen (secondary N) is 2. The van der Waals surface area contributed by atoms with E-state index < -0.39 is 0 Å². The molecule has 0 atom stereocenters. The van der Waals surface area contributed by atoms with Gasteiger partial charge in [-0.05, 0) is 18.5 Å². The van der Waals surface area contributed by atoms with Gasteiger partial charge in [0.1, 0.15) is 11.5 Å². The van der Waals surface area contributed by atoms with Crippen molar-refractivity contribution in [3.8, 4) is 0 Å². The molecule has 0 bridgehead atoms. The van der Waals surface area contributed by atoms with Gasteiger partial charge in [-0.2, -0.15) is 9.97 Å². The smallest absolute Gasteiger partial charge is 0.223 e. The van der Waals surface area contributed by atoms with Gasteiger partial charge in [0, 0.05) is 18.1 Å². The summed E-state index contributed by atoms with van der Waals surface area (Å²) in [6, 6.07) is 0. The van der Waals surface area contributed by atoms with Crippen LogP contribution in [0.25, 0.3) is 11.0 Å². The Balaban J connectivity index is 2.18. The summed E-state index contributed by atoms with van der Waals surface area (Å²) in [5, 5.41) is 5.18. The summed E-state index contributed by atoms with van der Waals surface area (Å²) in [5.41, 5.74) is 13.1. The topological polar surface area (TPSA) is 106 Å². The van der Waals surface area contributed by atoms with Crippen molar-refractivity contribution < 1.29 is 0 Å². The first-order valence-electron chi connectivity index (χ1n) is 5.38. The average molecular weight is 299 g/mol. The molecule has 0 fully saturated rings. The van der Waals surface area contributed by atoms with Crippen molar-refractivity contribution >= 4 is 38.7 Å². The third kappa shape index (κ3) is 2.67. The normalized spacial score (nSPS) is 11.1. The molecule has 0 aliphatic heterocycles. The van der Waals surface area contributed by atoms with E-state index in [0.29, 0.717) is 11.5 Å². The van der Waals surface area contributed by atoms with Crippen molar-refractivity contribution in [1.29, 1.82) is 0 Å². The highest BCUT2D eigenvalue weighted by atomic mass is 79.9. The number of hydrogen-bond acceptors (Lipinski definition) is 5. The minimum atomic E-state index is 0.190. The Morgan fingerprint density at radius 1 is 1.35 bits per heavy atom. The van der Waals surface area contributed by atoms with Gasteiger partial charge in [-0.15, -0.1) is 0 Å². The van der Waals surface area contributed by atoms with Crippen LogP contribution >= 0.6 is 15.9 Å². The molecule has 92 valence electrons. The quantitative estimate of drug-likeness (QED) is 0.487. The van der Waals surface area contributed by atoms with Crippen molar-refractivity contribution in [2.75, 3.05) is 23.3 Å². The zero-order valence-electron chi connectivity index (χ0n) is 9.33. The summed E-state index contributed by atoms with van der Waals surface area (Å²) in [6.45, 7) is 1.69. The largest absolute Gasteiger partial charge is 0.383 e. The molecule has 0 spiro atoms. The molecule has 17 heavy (non-hydrogen) atoms. The van der Waals surface area contributed by atoms with Crippen LogP contribution in [0.2, 0.25) is 0 Å². The fraction of sp³-hybridized carbons (Fsp3) is 0.400. The molecular formula is C10H15BrN6. The summed E-state index contributed by atoms with van der Waals surface area (Å²) in [7, 11) is 0. The van der Waals surface area contributed by atoms with Crippen LogP contribution in [-0.2, 0) is 6.54 Å². The molecule has 0 radical (unpaired) electrons. The molecule has 0 aliphatic rings. The second kappa shape index (κ2) is 5.33. The number of nitrogens with zero attached hydrogens (tertiary/aromatic N) is 2. The van der Waals surface area contributed by atoms with Gasteiger partial charge in [-0.3, -0.25) is 0 Å². The first-order chi connectivity index (χ1) is 8.22. The number of H-pyrrole nitrogens is 1. The van der Waals surface area contributed by atoms with Crippen molar-refractivity contribution in [2.24, 2.45) is 0 Å². The van der Waals surface area contributed by atoms with E-state index in [1.165, 1.54) is 0 Å². The molecule has 0 amide bonds. The fourth-order valence-corrected chi connectivity index (χ4v) is 1.98. The van der Waals surface area contributed by atoms with Gasteiger partial charge < -0.3 is 21.8 Å².